The summed E-state index contributed by atoms with van der Waals surface area (Å²) in [5.74, 6) is 0.167. The minimum absolute atomic E-state index is 0. The molecule has 6 heteroatoms. The average molecular weight is 305 g/mol. The normalized spacial score (nSPS) is 19.1. The zero-order chi connectivity index (χ0) is 13.4. The van der Waals surface area contributed by atoms with Crippen molar-refractivity contribution in [2.24, 2.45) is 5.73 Å². The van der Waals surface area contributed by atoms with Crippen LogP contribution in [0.5, 0.6) is 0 Å². The van der Waals surface area contributed by atoms with E-state index in [9.17, 15) is 8.42 Å². The van der Waals surface area contributed by atoms with E-state index in [1.165, 1.54) is 0 Å². The van der Waals surface area contributed by atoms with E-state index in [-0.39, 0.29) is 23.7 Å². The quantitative estimate of drug-likeness (QED) is 0.898. The van der Waals surface area contributed by atoms with Gasteiger partial charge in [-0.05, 0) is 25.5 Å². The molecule has 0 saturated carbocycles. The van der Waals surface area contributed by atoms with Crippen molar-refractivity contribution in [2.45, 2.75) is 30.8 Å². The van der Waals surface area contributed by atoms with Gasteiger partial charge in [-0.15, -0.1) is 12.4 Å². The van der Waals surface area contributed by atoms with E-state index in [4.69, 9.17) is 5.73 Å². The van der Waals surface area contributed by atoms with Crippen molar-refractivity contribution >= 4 is 22.2 Å². The molecule has 0 aliphatic carbocycles. The molecule has 0 bridgehead atoms. The first-order valence-corrected chi connectivity index (χ1v) is 7.75. The van der Waals surface area contributed by atoms with Gasteiger partial charge in [0.25, 0.3) is 0 Å². The van der Waals surface area contributed by atoms with Crippen LogP contribution in [-0.4, -0.2) is 37.7 Å². The van der Waals surface area contributed by atoms with Gasteiger partial charge in [-0.2, -0.15) is 0 Å². The zero-order valence-corrected chi connectivity index (χ0v) is 12.9. The maximum Gasteiger partial charge on any atom is 0.179 e. The fourth-order valence-electron chi connectivity index (χ4n) is 2.33. The molecule has 0 radical (unpaired) electrons. The highest BCUT2D eigenvalue weighted by Gasteiger charge is 2.26. The maximum atomic E-state index is 12.1. The van der Waals surface area contributed by atoms with Crippen LogP contribution in [0.2, 0.25) is 0 Å². The molecule has 1 aromatic carbocycles. The molecule has 0 unspecified atom stereocenters. The third-order valence-electron chi connectivity index (χ3n) is 3.01. The summed E-state index contributed by atoms with van der Waals surface area (Å²) in [6, 6.07) is 7.24. The van der Waals surface area contributed by atoms with Crippen molar-refractivity contribution in [1.82, 2.24) is 4.90 Å². The highest BCUT2D eigenvalue weighted by Crippen LogP contribution is 2.23. The number of halogens is 1. The average Bonchev–Trinajstić information content (AvgIpc) is 2.35. The van der Waals surface area contributed by atoms with Crippen LogP contribution in [0.15, 0.2) is 29.2 Å². The van der Waals surface area contributed by atoms with Gasteiger partial charge in [-0.3, -0.25) is 4.90 Å². The van der Waals surface area contributed by atoms with Crippen LogP contribution < -0.4 is 5.73 Å². The monoisotopic (exact) mass is 304 g/mol. The van der Waals surface area contributed by atoms with E-state index in [1.54, 1.807) is 12.1 Å². The SMILES string of the molecule is CC(C)(N)CN1CCS(=O)(=O)c2ccccc2C1.Cl. The standard InChI is InChI=1S/C13H20N2O2S.ClH/c1-13(2,14)10-15-7-8-18(16,17)12-6-4-3-5-11(12)9-15;/h3-6H,7-10,14H2,1-2H3;1H. The van der Waals surface area contributed by atoms with Gasteiger partial charge in [-0.1, -0.05) is 18.2 Å². The van der Waals surface area contributed by atoms with Gasteiger partial charge >= 0.3 is 0 Å². The molecule has 2 rings (SSSR count). The smallest absolute Gasteiger partial charge is 0.179 e. The minimum atomic E-state index is -3.15. The van der Waals surface area contributed by atoms with Crippen molar-refractivity contribution in [3.63, 3.8) is 0 Å². The molecule has 108 valence electrons. The highest BCUT2D eigenvalue weighted by atomic mass is 35.5. The molecule has 0 saturated heterocycles. The van der Waals surface area contributed by atoms with Gasteiger partial charge in [0, 0.05) is 25.2 Å². The van der Waals surface area contributed by atoms with Crippen LogP contribution in [0, 0.1) is 0 Å². The van der Waals surface area contributed by atoms with E-state index in [1.807, 2.05) is 26.0 Å². The van der Waals surface area contributed by atoms with Crippen LogP contribution in [0.3, 0.4) is 0 Å². The van der Waals surface area contributed by atoms with E-state index in [2.05, 4.69) is 4.90 Å². The summed E-state index contributed by atoms with van der Waals surface area (Å²) in [5, 5.41) is 0. The summed E-state index contributed by atoms with van der Waals surface area (Å²) in [7, 11) is -3.15. The highest BCUT2D eigenvalue weighted by molar-refractivity contribution is 7.91. The van der Waals surface area contributed by atoms with Crippen LogP contribution in [0.25, 0.3) is 0 Å². The predicted molar refractivity (Wildman–Crippen MR) is 79.3 cm³/mol. The molecule has 0 fully saturated rings. The largest absolute Gasteiger partial charge is 0.324 e. The number of hydrogen-bond donors (Lipinski definition) is 1. The lowest BCUT2D eigenvalue weighted by molar-refractivity contribution is 0.230. The third-order valence-corrected chi connectivity index (χ3v) is 4.80. The molecule has 4 nitrogen and oxygen atoms in total. The Morgan fingerprint density at radius 1 is 1.32 bits per heavy atom. The number of hydrogen-bond acceptors (Lipinski definition) is 4. The molecule has 0 amide bonds. The molecule has 19 heavy (non-hydrogen) atoms. The Bertz CT molecular complexity index is 538. The number of fused-ring (bicyclic) bond motifs is 1. The van der Waals surface area contributed by atoms with Gasteiger partial charge in [0.15, 0.2) is 9.84 Å². The van der Waals surface area contributed by atoms with Crippen LogP contribution in [0.4, 0.5) is 0 Å². The summed E-state index contributed by atoms with van der Waals surface area (Å²) in [4.78, 5) is 2.59. The maximum absolute atomic E-state index is 12.1. The van der Waals surface area contributed by atoms with Crippen LogP contribution in [0.1, 0.15) is 19.4 Å². The Kier molecular flexibility index (Phi) is 5.01. The molecule has 1 aliphatic rings. The molecule has 0 atom stereocenters. The first-order chi connectivity index (χ1) is 8.28. The van der Waals surface area contributed by atoms with Crippen LogP contribution in [-0.2, 0) is 16.4 Å². The Morgan fingerprint density at radius 3 is 2.58 bits per heavy atom. The number of benzene rings is 1. The first kappa shape index (κ1) is 16.4. The zero-order valence-electron chi connectivity index (χ0n) is 11.3. The van der Waals surface area contributed by atoms with E-state index in [0.29, 0.717) is 24.5 Å². The Balaban J connectivity index is 0.00000180. The molecule has 2 N–H and O–H groups in total. The lowest BCUT2D eigenvalue weighted by atomic mass is 10.1. The lowest BCUT2D eigenvalue weighted by Gasteiger charge is -2.28. The van der Waals surface area contributed by atoms with Gasteiger partial charge in [0.2, 0.25) is 0 Å². The second-order valence-corrected chi connectivity index (χ2v) is 7.70. The Labute approximate surface area is 121 Å². The van der Waals surface area contributed by atoms with Crippen molar-refractivity contribution in [3.8, 4) is 0 Å². The molecular weight excluding hydrogens is 284 g/mol. The molecular formula is C13H21ClN2O2S. The van der Waals surface area contributed by atoms with Crippen molar-refractivity contribution < 1.29 is 8.42 Å². The summed E-state index contributed by atoms with van der Waals surface area (Å²) in [5.41, 5.74) is 6.57. The van der Waals surface area contributed by atoms with Gasteiger partial charge in [-0.25, -0.2) is 8.42 Å². The number of nitrogens with two attached hydrogens (primary N) is 1. The molecule has 1 aliphatic heterocycles. The minimum Gasteiger partial charge on any atom is -0.324 e. The van der Waals surface area contributed by atoms with E-state index in [0.717, 1.165) is 5.56 Å². The fourth-order valence-corrected chi connectivity index (χ4v) is 3.86. The summed E-state index contributed by atoms with van der Waals surface area (Å²) in [6.45, 7) is 5.79. The van der Waals surface area contributed by atoms with Crippen LogP contribution >= 0.6 is 12.4 Å². The predicted octanol–water partition coefficient (Wildman–Crippen LogP) is 1.43. The molecule has 0 spiro atoms. The molecule has 0 aromatic heterocycles. The molecule has 1 heterocycles. The lowest BCUT2D eigenvalue weighted by Crippen LogP contribution is -2.45. The molecule has 1 aromatic rings. The van der Waals surface area contributed by atoms with Crippen molar-refractivity contribution in [2.75, 3.05) is 18.8 Å². The van der Waals surface area contributed by atoms with E-state index < -0.39 is 9.84 Å². The number of rotatable bonds is 2. The fraction of sp³-hybridized carbons (Fsp3) is 0.538. The Morgan fingerprint density at radius 2 is 1.95 bits per heavy atom. The first-order valence-electron chi connectivity index (χ1n) is 6.10. The Hall–Kier alpha value is -0.620. The third kappa shape index (κ3) is 4.18. The van der Waals surface area contributed by atoms with E-state index >= 15 is 0 Å². The van der Waals surface area contributed by atoms with Gasteiger partial charge in [0.1, 0.15) is 0 Å². The van der Waals surface area contributed by atoms with Crippen molar-refractivity contribution in [1.29, 1.82) is 0 Å². The van der Waals surface area contributed by atoms with Gasteiger partial charge in [0.05, 0.1) is 10.6 Å². The summed E-state index contributed by atoms with van der Waals surface area (Å²) >= 11 is 0. The topological polar surface area (TPSA) is 63.4 Å². The summed E-state index contributed by atoms with van der Waals surface area (Å²) < 4.78 is 24.3. The summed E-state index contributed by atoms with van der Waals surface area (Å²) in [6.07, 6.45) is 0. The second-order valence-electron chi connectivity index (χ2n) is 5.63. The van der Waals surface area contributed by atoms with Crippen molar-refractivity contribution in [3.05, 3.63) is 29.8 Å². The number of sulfone groups is 1. The number of nitrogens with zero attached hydrogens (tertiary/aromatic N) is 1. The second kappa shape index (κ2) is 5.79. The van der Waals surface area contributed by atoms with Gasteiger partial charge < -0.3 is 5.73 Å².